The molecule has 1 nitrogen and oxygen atoms in total. The molecule has 5 heteroatoms. The number of hydrogen-bond acceptors (Lipinski definition) is 1. The van der Waals surface area contributed by atoms with Crippen molar-refractivity contribution in [3.63, 3.8) is 0 Å². The molecule has 0 aromatic heterocycles. The minimum absolute atomic E-state index is 0.0696. The molecule has 0 heterocycles. The first kappa shape index (κ1) is 22.6. The zero-order chi connectivity index (χ0) is 20.5. The molecule has 0 fully saturated rings. The van der Waals surface area contributed by atoms with Gasteiger partial charge in [-0.3, -0.25) is 0 Å². The van der Waals surface area contributed by atoms with Gasteiger partial charge in [-0.05, 0) is 37.0 Å². The van der Waals surface area contributed by atoms with E-state index in [0.29, 0.717) is 18.6 Å². The van der Waals surface area contributed by atoms with Crippen LogP contribution in [0, 0.1) is 17.5 Å². The maximum absolute atomic E-state index is 14.6. The third-order valence-corrected chi connectivity index (χ3v) is 5.17. The summed E-state index contributed by atoms with van der Waals surface area (Å²) < 4.78 is 48.9. The van der Waals surface area contributed by atoms with Crippen LogP contribution < -0.4 is 4.74 Å². The van der Waals surface area contributed by atoms with Crippen molar-refractivity contribution >= 4 is 11.6 Å². The van der Waals surface area contributed by atoms with Gasteiger partial charge in [0.15, 0.2) is 11.6 Å². The summed E-state index contributed by atoms with van der Waals surface area (Å²) >= 11 is 6.16. The van der Waals surface area contributed by atoms with Gasteiger partial charge in [-0.15, -0.1) is 0 Å². The maximum Gasteiger partial charge on any atom is 0.201 e. The second-order valence-electron chi connectivity index (χ2n) is 7.01. The van der Waals surface area contributed by atoms with E-state index in [1.807, 2.05) is 6.92 Å². The van der Waals surface area contributed by atoms with Gasteiger partial charge in [-0.1, -0.05) is 69.7 Å². The molecule has 28 heavy (non-hydrogen) atoms. The van der Waals surface area contributed by atoms with Gasteiger partial charge in [-0.25, -0.2) is 8.78 Å². The second kappa shape index (κ2) is 11.4. The third kappa shape index (κ3) is 5.66. The van der Waals surface area contributed by atoms with Crippen LogP contribution in [0.2, 0.25) is 5.02 Å². The molecule has 0 unspecified atom stereocenters. The topological polar surface area (TPSA) is 9.23 Å². The number of aryl methyl sites for hydroxylation is 1. The van der Waals surface area contributed by atoms with Crippen molar-refractivity contribution in [2.75, 3.05) is 6.61 Å². The first-order chi connectivity index (χ1) is 13.5. The Morgan fingerprint density at radius 1 is 0.750 bits per heavy atom. The monoisotopic (exact) mass is 412 g/mol. The molecule has 2 aromatic carbocycles. The quantitative estimate of drug-likeness (QED) is 0.338. The molecule has 0 atom stereocenters. The van der Waals surface area contributed by atoms with Crippen LogP contribution in [0.15, 0.2) is 24.3 Å². The van der Waals surface area contributed by atoms with E-state index in [4.69, 9.17) is 16.3 Å². The van der Waals surface area contributed by atoms with Gasteiger partial charge in [-0.2, -0.15) is 4.39 Å². The van der Waals surface area contributed by atoms with E-state index >= 15 is 0 Å². The zero-order valence-corrected chi connectivity index (χ0v) is 17.3. The lowest BCUT2D eigenvalue weighted by Gasteiger charge is -2.13. The smallest absolute Gasteiger partial charge is 0.201 e. The SMILES string of the molecule is CCCCCCc1ccc(-c2ccc(OCCCCC)c(F)c2F)c(Cl)c1F. The largest absolute Gasteiger partial charge is 0.490 e. The second-order valence-corrected chi connectivity index (χ2v) is 7.38. The van der Waals surface area contributed by atoms with E-state index in [2.05, 4.69) is 6.92 Å². The van der Waals surface area contributed by atoms with Gasteiger partial charge in [0.2, 0.25) is 5.82 Å². The third-order valence-electron chi connectivity index (χ3n) is 4.80. The molecule has 0 aliphatic heterocycles. The van der Waals surface area contributed by atoms with Gasteiger partial charge in [0, 0.05) is 11.1 Å². The molecule has 2 aromatic rings. The molecule has 154 valence electrons. The highest BCUT2D eigenvalue weighted by Gasteiger charge is 2.20. The lowest BCUT2D eigenvalue weighted by molar-refractivity contribution is 0.286. The lowest BCUT2D eigenvalue weighted by atomic mass is 9.99. The predicted molar refractivity (Wildman–Crippen MR) is 110 cm³/mol. The summed E-state index contributed by atoms with van der Waals surface area (Å²) in [5, 5.41) is -0.178. The van der Waals surface area contributed by atoms with E-state index in [1.54, 1.807) is 12.1 Å². The zero-order valence-electron chi connectivity index (χ0n) is 16.6. The molecule has 0 saturated heterocycles. The molecular weight excluding hydrogens is 385 g/mol. The molecular formula is C23H28ClF3O. The van der Waals surface area contributed by atoms with Crippen molar-refractivity contribution in [3.05, 3.63) is 52.3 Å². The average molecular weight is 413 g/mol. The van der Waals surface area contributed by atoms with E-state index < -0.39 is 17.5 Å². The molecule has 0 amide bonds. The highest BCUT2D eigenvalue weighted by Crippen LogP contribution is 2.36. The summed E-state index contributed by atoms with van der Waals surface area (Å²) in [6, 6.07) is 5.91. The van der Waals surface area contributed by atoms with E-state index in [9.17, 15) is 13.2 Å². The van der Waals surface area contributed by atoms with Crippen molar-refractivity contribution in [1.29, 1.82) is 0 Å². The normalized spacial score (nSPS) is 11.1. The summed E-state index contributed by atoms with van der Waals surface area (Å²) in [7, 11) is 0. The molecule has 0 saturated carbocycles. The Bertz CT molecular complexity index is 711. The fraction of sp³-hybridized carbons (Fsp3) is 0.478. The number of rotatable bonds is 11. The number of unbranched alkanes of at least 4 members (excludes halogenated alkanes) is 5. The molecule has 0 N–H and O–H groups in total. The van der Waals surface area contributed by atoms with Crippen LogP contribution in [0.1, 0.15) is 64.4 Å². The van der Waals surface area contributed by atoms with Crippen LogP contribution in [-0.4, -0.2) is 6.61 Å². The Hall–Kier alpha value is -1.68. The maximum atomic E-state index is 14.6. The van der Waals surface area contributed by atoms with Crippen LogP contribution in [0.4, 0.5) is 13.2 Å². The van der Waals surface area contributed by atoms with Crippen molar-refractivity contribution in [2.45, 2.75) is 65.2 Å². The van der Waals surface area contributed by atoms with Gasteiger partial charge in [0.05, 0.1) is 11.6 Å². The minimum Gasteiger partial charge on any atom is -0.490 e. The molecule has 0 radical (unpaired) electrons. The Kier molecular flexibility index (Phi) is 9.17. The summed E-state index contributed by atoms with van der Waals surface area (Å²) in [5.41, 5.74) is 0.576. The van der Waals surface area contributed by atoms with E-state index in [1.165, 1.54) is 12.1 Å². The predicted octanol–water partition coefficient (Wildman–Crippen LogP) is 8.12. The lowest BCUT2D eigenvalue weighted by Crippen LogP contribution is -2.02. The molecule has 0 spiro atoms. The Labute approximate surface area is 170 Å². The fourth-order valence-corrected chi connectivity index (χ4v) is 3.40. The van der Waals surface area contributed by atoms with Gasteiger partial charge in [0.25, 0.3) is 0 Å². The van der Waals surface area contributed by atoms with Crippen LogP contribution in [0.5, 0.6) is 5.75 Å². The van der Waals surface area contributed by atoms with Gasteiger partial charge >= 0.3 is 0 Å². The van der Waals surface area contributed by atoms with E-state index in [-0.39, 0.29) is 21.9 Å². The molecule has 0 bridgehead atoms. The van der Waals surface area contributed by atoms with Gasteiger partial charge in [0.1, 0.15) is 5.82 Å². The van der Waals surface area contributed by atoms with Crippen LogP contribution in [0.25, 0.3) is 11.1 Å². The van der Waals surface area contributed by atoms with Crippen molar-refractivity contribution in [2.24, 2.45) is 0 Å². The number of halogens is 4. The van der Waals surface area contributed by atoms with Crippen molar-refractivity contribution in [3.8, 4) is 16.9 Å². The van der Waals surface area contributed by atoms with Crippen LogP contribution >= 0.6 is 11.6 Å². The summed E-state index contributed by atoms with van der Waals surface area (Å²) in [5.74, 6) is -2.85. The van der Waals surface area contributed by atoms with Gasteiger partial charge < -0.3 is 4.74 Å². The highest BCUT2D eigenvalue weighted by atomic mass is 35.5. The summed E-state index contributed by atoms with van der Waals surface area (Å²) in [6.45, 7) is 4.49. The average Bonchev–Trinajstić information content (AvgIpc) is 2.69. The number of hydrogen-bond donors (Lipinski definition) is 0. The minimum atomic E-state index is -1.08. The summed E-state index contributed by atoms with van der Waals surface area (Å²) in [4.78, 5) is 0. The first-order valence-corrected chi connectivity index (χ1v) is 10.5. The van der Waals surface area contributed by atoms with Crippen molar-refractivity contribution in [1.82, 2.24) is 0 Å². The first-order valence-electron chi connectivity index (χ1n) is 10.1. The molecule has 2 rings (SSSR count). The molecule has 0 aliphatic carbocycles. The number of ether oxygens (including phenoxy) is 1. The van der Waals surface area contributed by atoms with E-state index in [0.717, 1.165) is 44.9 Å². The summed E-state index contributed by atoms with van der Waals surface area (Å²) in [6.07, 6.45) is 7.42. The fourth-order valence-electron chi connectivity index (χ4n) is 3.12. The van der Waals surface area contributed by atoms with Crippen LogP contribution in [-0.2, 0) is 6.42 Å². The highest BCUT2D eigenvalue weighted by molar-refractivity contribution is 6.33. The Morgan fingerprint density at radius 3 is 2.14 bits per heavy atom. The van der Waals surface area contributed by atoms with Crippen molar-refractivity contribution < 1.29 is 17.9 Å². The Balaban J connectivity index is 2.20. The van der Waals surface area contributed by atoms with Crippen LogP contribution in [0.3, 0.4) is 0 Å². The Morgan fingerprint density at radius 2 is 1.43 bits per heavy atom. The molecule has 0 aliphatic rings. The number of benzene rings is 2. The standard InChI is InChI=1S/C23H28ClF3O/c1-3-5-7-8-10-16-11-12-17(20(24)21(16)25)18-13-14-19(23(27)22(18)26)28-15-9-6-4-2/h11-14H,3-10,15H2,1-2H3.